The largest absolute Gasteiger partial charge is 0.384 e. The molecule has 1 aliphatic heterocycles. The summed E-state index contributed by atoms with van der Waals surface area (Å²) < 4.78 is 5.35. The molecule has 2 N–H and O–H groups in total. The van der Waals surface area contributed by atoms with Gasteiger partial charge in [-0.3, -0.25) is 9.69 Å². The van der Waals surface area contributed by atoms with Gasteiger partial charge >= 0.3 is 0 Å². The number of carbonyl (C=O) groups excluding carboxylic acids is 1. The first-order valence-electron chi connectivity index (χ1n) is 8.96. The highest BCUT2D eigenvalue weighted by Crippen LogP contribution is 2.31. The maximum absolute atomic E-state index is 12.9. The Labute approximate surface area is 170 Å². The number of amides is 1. The Morgan fingerprint density at radius 2 is 1.88 bits per heavy atom. The van der Waals surface area contributed by atoms with Gasteiger partial charge in [-0.15, -0.1) is 24.8 Å². The Kier molecular flexibility index (Phi) is 12.1. The SMILES string of the molecule is CCN(CC)Cc1cccc(NC(=O)C2(COC)CCNCC2)c1.Cl.Cl. The summed E-state index contributed by atoms with van der Waals surface area (Å²) in [5, 5.41) is 6.44. The van der Waals surface area contributed by atoms with E-state index >= 15 is 0 Å². The van der Waals surface area contributed by atoms with E-state index in [0.717, 1.165) is 51.3 Å². The van der Waals surface area contributed by atoms with Gasteiger partial charge in [0.1, 0.15) is 0 Å². The molecule has 150 valence electrons. The Balaban J connectivity index is 0.00000312. The van der Waals surface area contributed by atoms with Crippen molar-refractivity contribution in [2.45, 2.75) is 33.2 Å². The van der Waals surface area contributed by atoms with Gasteiger partial charge in [-0.2, -0.15) is 0 Å². The highest BCUT2D eigenvalue weighted by atomic mass is 35.5. The molecule has 1 aromatic rings. The topological polar surface area (TPSA) is 53.6 Å². The average molecular weight is 406 g/mol. The van der Waals surface area contributed by atoms with E-state index in [4.69, 9.17) is 4.74 Å². The third kappa shape index (κ3) is 6.71. The lowest BCUT2D eigenvalue weighted by Gasteiger charge is -2.35. The molecule has 0 unspecified atom stereocenters. The number of carbonyl (C=O) groups is 1. The second kappa shape index (κ2) is 12.5. The van der Waals surface area contributed by atoms with Crippen LogP contribution in [0.5, 0.6) is 0 Å². The van der Waals surface area contributed by atoms with Crippen molar-refractivity contribution in [1.29, 1.82) is 0 Å². The number of nitrogens with zero attached hydrogens (tertiary/aromatic N) is 1. The van der Waals surface area contributed by atoms with E-state index in [0.29, 0.717) is 6.61 Å². The standard InChI is InChI=1S/C19H31N3O2.2ClH/c1-4-22(5-2)14-16-7-6-8-17(13-16)21-18(23)19(15-24-3)9-11-20-12-10-19;;/h6-8,13,20H,4-5,9-12,14-15H2,1-3H3,(H,21,23);2*1H. The summed E-state index contributed by atoms with van der Waals surface area (Å²) in [6.07, 6.45) is 1.62. The van der Waals surface area contributed by atoms with Gasteiger partial charge in [0.15, 0.2) is 0 Å². The Morgan fingerprint density at radius 1 is 1.23 bits per heavy atom. The van der Waals surface area contributed by atoms with Crippen LogP contribution in [0.15, 0.2) is 24.3 Å². The number of ether oxygens (including phenoxy) is 1. The van der Waals surface area contributed by atoms with Crippen LogP contribution in [0.25, 0.3) is 0 Å². The van der Waals surface area contributed by atoms with Crippen molar-refractivity contribution in [2.75, 3.05) is 45.2 Å². The number of piperidine rings is 1. The van der Waals surface area contributed by atoms with E-state index in [9.17, 15) is 4.79 Å². The minimum atomic E-state index is -0.422. The molecule has 1 amide bonds. The summed E-state index contributed by atoms with van der Waals surface area (Å²) in [6.45, 7) is 9.48. The van der Waals surface area contributed by atoms with Crippen molar-refractivity contribution in [3.63, 3.8) is 0 Å². The zero-order valence-corrected chi connectivity index (χ0v) is 17.7. The maximum atomic E-state index is 12.9. The molecule has 0 bridgehead atoms. The van der Waals surface area contributed by atoms with Crippen LogP contribution in [0, 0.1) is 5.41 Å². The van der Waals surface area contributed by atoms with Crippen LogP contribution >= 0.6 is 24.8 Å². The molecule has 7 heteroatoms. The molecule has 1 aliphatic rings. The molecule has 0 radical (unpaired) electrons. The lowest BCUT2D eigenvalue weighted by Crippen LogP contribution is -2.47. The quantitative estimate of drug-likeness (QED) is 0.696. The van der Waals surface area contributed by atoms with Crippen molar-refractivity contribution < 1.29 is 9.53 Å². The van der Waals surface area contributed by atoms with Crippen molar-refractivity contribution in [2.24, 2.45) is 5.41 Å². The van der Waals surface area contributed by atoms with E-state index < -0.39 is 5.41 Å². The number of anilines is 1. The number of nitrogens with one attached hydrogen (secondary N) is 2. The van der Waals surface area contributed by atoms with Crippen LogP contribution in [-0.2, 0) is 16.1 Å². The Hall–Kier alpha value is -0.850. The monoisotopic (exact) mass is 405 g/mol. The summed E-state index contributed by atoms with van der Waals surface area (Å²) in [7, 11) is 1.67. The third-order valence-corrected chi connectivity index (χ3v) is 4.95. The number of methoxy groups -OCH3 is 1. The van der Waals surface area contributed by atoms with Crippen molar-refractivity contribution >= 4 is 36.4 Å². The predicted octanol–water partition coefficient (Wildman–Crippen LogP) is 3.33. The van der Waals surface area contributed by atoms with E-state index in [1.807, 2.05) is 12.1 Å². The highest BCUT2D eigenvalue weighted by Gasteiger charge is 2.39. The maximum Gasteiger partial charge on any atom is 0.233 e. The molecule has 0 atom stereocenters. The van der Waals surface area contributed by atoms with E-state index in [1.165, 1.54) is 5.56 Å². The van der Waals surface area contributed by atoms with Gasteiger partial charge in [0.25, 0.3) is 0 Å². The fourth-order valence-corrected chi connectivity index (χ4v) is 3.34. The lowest BCUT2D eigenvalue weighted by atomic mass is 9.78. The average Bonchev–Trinajstić information content (AvgIpc) is 2.61. The minimum Gasteiger partial charge on any atom is -0.384 e. The predicted molar refractivity (Wildman–Crippen MR) is 113 cm³/mol. The molecule has 2 rings (SSSR count). The van der Waals surface area contributed by atoms with E-state index in [2.05, 4.69) is 41.5 Å². The fourth-order valence-electron chi connectivity index (χ4n) is 3.34. The summed E-state index contributed by atoms with van der Waals surface area (Å²) in [6, 6.07) is 8.17. The zero-order valence-electron chi connectivity index (χ0n) is 16.0. The molecule has 0 spiro atoms. The molecule has 0 aromatic heterocycles. The summed E-state index contributed by atoms with van der Waals surface area (Å²) in [4.78, 5) is 15.3. The number of hydrogen-bond acceptors (Lipinski definition) is 4. The summed E-state index contributed by atoms with van der Waals surface area (Å²) in [5.41, 5.74) is 1.68. The molecule has 0 saturated carbocycles. The summed E-state index contributed by atoms with van der Waals surface area (Å²) >= 11 is 0. The smallest absolute Gasteiger partial charge is 0.233 e. The van der Waals surface area contributed by atoms with E-state index in [1.54, 1.807) is 7.11 Å². The number of benzene rings is 1. The molecule has 5 nitrogen and oxygen atoms in total. The first-order valence-corrected chi connectivity index (χ1v) is 8.96. The van der Waals surface area contributed by atoms with Crippen LogP contribution < -0.4 is 10.6 Å². The normalized spacial score (nSPS) is 15.7. The van der Waals surface area contributed by atoms with Gasteiger partial charge in [-0.1, -0.05) is 26.0 Å². The van der Waals surface area contributed by atoms with Crippen LogP contribution in [-0.4, -0.2) is 50.7 Å². The first-order chi connectivity index (χ1) is 11.6. The third-order valence-electron chi connectivity index (χ3n) is 4.95. The van der Waals surface area contributed by atoms with Gasteiger partial charge in [-0.05, 0) is 56.7 Å². The zero-order chi connectivity index (χ0) is 17.4. The van der Waals surface area contributed by atoms with Crippen LogP contribution in [0.1, 0.15) is 32.3 Å². The van der Waals surface area contributed by atoms with Gasteiger partial charge < -0.3 is 15.4 Å². The van der Waals surface area contributed by atoms with Gasteiger partial charge in [0.2, 0.25) is 5.91 Å². The highest BCUT2D eigenvalue weighted by molar-refractivity contribution is 5.95. The molecule has 1 saturated heterocycles. The van der Waals surface area contributed by atoms with Gasteiger partial charge in [-0.25, -0.2) is 0 Å². The van der Waals surface area contributed by atoms with Crippen LogP contribution in [0.3, 0.4) is 0 Å². The Bertz CT molecular complexity index is 528. The second-order valence-electron chi connectivity index (χ2n) is 6.58. The second-order valence-corrected chi connectivity index (χ2v) is 6.58. The Morgan fingerprint density at radius 3 is 2.46 bits per heavy atom. The minimum absolute atomic E-state index is 0. The molecular formula is C19H33Cl2N3O2. The molecule has 1 aromatic carbocycles. The molecule has 26 heavy (non-hydrogen) atoms. The number of rotatable bonds is 8. The molecular weight excluding hydrogens is 373 g/mol. The van der Waals surface area contributed by atoms with Gasteiger partial charge in [0.05, 0.1) is 12.0 Å². The molecule has 1 heterocycles. The molecule has 1 fully saturated rings. The fraction of sp³-hybridized carbons (Fsp3) is 0.632. The number of hydrogen-bond donors (Lipinski definition) is 2. The van der Waals surface area contributed by atoms with Crippen molar-refractivity contribution in [3.05, 3.63) is 29.8 Å². The van der Waals surface area contributed by atoms with Gasteiger partial charge in [0, 0.05) is 19.3 Å². The number of halogens is 2. The van der Waals surface area contributed by atoms with Crippen LogP contribution in [0.2, 0.25) is 0 Å². The first kappa shape index (κ1) is 25.1. The molecule has 0 aliphatic carbocycles. The van der Waals surface area contributed by atoms with E-state index in [-0.39, 0.29) is 30.7 Å². The van der Waals surface area contributed by atoms with Crippen molar-refractivity contribution in [1.82, 2.24) is 10.2 Å². The lowest BCUT2D eigenvalue weighted by molar-refractivity contribution is -0.130. The summed E-state index contributed by atoms with van der Waals surface area (Å²) in [5.74, 6) is 0.0749. The van der Waals surface area contributed by atoms with Crippen LogP contribution in [0.4, 0.5) is 5.69 Å². The van der Waals surface area contributed by atoms with Crippen molar-refractivity contribution in [3.8, 4) is 0 Å².